The summed E-state index contributed by atoms with van der Waals surface area (Å²) in [4.78, 5) is 8.11. The maximum atomic E-state index is 10.3. The summed E-state index contributed by atoms with van der Waals surface area (Å²) < 4.78 is 10.4. The van der Waals surface area contributed by atoms with Gasteiger partial charge in [-0.3, -0.25) is 0 Å². The monoisotopic (exact) mass is 289 g/mol. The Balaban J connectivity index is 2.07. The van der Waals surface area contributed by atoms with Crippen molar-refractivity contribution in [3.63, 3.8) is 0 Å². The molecule has 0 aliphatic rings. The average molecular weight is 289 g/mol. The molecule has 0 bridgehead atoms. The number of hydrogen-bond donors (Lipinski definition) is 2. The first-order valence-electron chi connectivity index (χ1n) is 6.56. The van der Waals surface area contributed by atoms with E-state index in [2.05, 4.69) is 15.3 Å². The number of ether oxygens (including phenoxy) is 2. The van der Waals surface area contributed by atoms with Crippen LogP contribution in [0.5, 0.6) is 11.5 Å². The van der Waals surface area contributed by atoms with Crippen molar-refractivity contribution in [1.29, 1.82) is 0 Å². The summed E-state index contributed by atoms with van der Waals surface area (Å²) >= 11 is 0. The molecule has 0 aliphatic carbocycles. The zero-order chi connectivity index (χ0) is 15.2. The molecule has 2 N–H and O–H groups in total. The van der Waals surface area contributed by atoms with E-state index in [4.69, 9.17) is 9.47 Å². The number of hydrogen-bond acceptors (Lipinski definition) is 6. The van der Waals surface area contributed by atoms with Gasteiger partial charge in [0.05, 0.1) is 20.3 Å². The van der Waals surface area contributed by atoms with Gasteiger partial charge in [-0.15, -0.1) is 0 Å². The molecule has 2 aromatic rings. The largest absolute Gasteiger partial charge is 0.497 e. The molecular formula is C15H19N3O3. The van der Waals surface area contributed by atoms with E-state index in [0.29, 0.717) is 29.4 Å². The Bertz CT molecular complexity index is 582. The topological polar surface area (TPSA) is 76.5 Å². The highest BCUT2D eigenvalue weighted by molar-refractivity contribution is 5.40. The minimum Gasteiger partial charge on any atom is -0.497 e. The van der Waals surface area contributed by atoms with Crippen molar-refractivity contribution in [1.82, 2.24) is 9.97 Å². The molecule has 6 heteroatoms. The quantitative estimate of drug-likeness (QED) is 0.846. The third-order valence-electron chi connectivity index (χ3n) is 3.04. The standard InChI is InChI=1S/C15H19N3O3/c1-10-4-15(18-9-17-10)16-8-14(19)11-5-12(20-2)7-13(6-11)21-3/h4-7,9,14,19H,8H2,1-3H3,(H,16,17,18). The fourth-order valence-corrected chi connectivity index (χ4v) is 1.89. The van der Waals surface area contributed by atoms with Gasteiger partial charge in [0, 0.05) is 24.4 Å². The lowest BCUT2D eigenvalue weighted by Gasteiger charge is -2.15. The predicted molar refractivity (Wildman–Crippen MR) is 79.8 cm³/mol. The molecule has 1 atom stereocenters. The van der Waals surface area contributed by atoms with Gasteiger partial charge in [-0.05, 0) is 24.6 Å². The predicted octanol–water partition coefficient (Wildman–Crippen LogP) is 1.95. The highest BCUT2D eigenvalue weighted by Crippen LogP contribution is 2.26. The first kappa shape index (κ1) is 15.1. The van der Waals surface area contributed by atoms with Gasteiger partial charge in [0.1, 0.15) is 23.6 Å². The van der Waals surface area contributed by atoms with Crippen molar-refractivity contribution in [3.05, 3.63) is 41.9 Å². The highest BCUT2D eigenvalue weighted by Gasteiger charge is 2.11. The molecule has 6 nitrogen and oxygen atoms in total. The lowest BCUT2D eigenvalue weighted by Crippen LogP contribution is -2.13. The average Bonchev–Trinajstić information content (AvgIpc) is 2.52. The number of aliphatic hydroxyl groups is 1. The van der Waals surface area contributed by atoms with Crippen molar-refractivity contribution in [2.75, 3.05) is 26.1 Å². The number of anilines is 1. The molecule has 1 unspecified atom stereocenters. The van der Waals surface area contributed by atoms with Crippen LogP contribution in [-0.4, -0.2) is 35.8 Å². The molecule has 0 saturated carbocycles. The molecular weight excluding hydrogens is 270 g/mol. The van der Waals surface area contributed by atoms with E-state index in [1.165, 1.54) is 6.33 Å². The number of aryl methyl sites for hydroxylation is 1. The normalized spacial score (nSPS) is 11.8. The van der Waals surface area contributed by atoms with Crippen LogP contribution in [0.4, 0.5) is 5.82 Å². The Morgan fingerprint density at radius 3 is 2.33 bits per heavy atom. The van der Waals surface area contributed by atoms with Gasteiger partial charge in [0.15, 0.2) is 0 Å². The van der Waals surface area contributed by atoms with Crippen molar-refractivity contribution < 1.29 is 14.6 Å². The number of nitrogens with zero attached hydrogens (tertiary/aromatic N) is 2. The molecule has 0 amide bonds. The molecule has 0 spiro atoms. The maximum absolute atomic E-state index is 10.3. The lowest BCUT2D eigenvalue weighted by atomic mass is 10.1. The Morgan fingerprint density at radius 2 is 1.76 bits per heavy atom. The van der Waals surface area contributed by atoms with E-state index >= 15 is 0 Å². The number of nitrogens with one attached hydrogen (secondary N) is 1. The summed E-state index contributed by atoms with van der Waals surface area (Å²) in [6.07, 6.45) is 0.780. The van der Waals surface area contributed by atoms with Crippen LogP contribution in [0.3, 0.4) is 0 Å². The van der Waals surface area contributed by atoms with Crippen LogP contribution in [0, 0.1) is 6.92 Å². The van der Waals surface area contributed by atoms with E-state index in [1.54, 1.807) is 32.4 Å². The third-order valence-corrected chi connectivity index (χ3v) is 3.04. The Morgan fingerprint density at radius 1 is 1.10 bits per heavy atom. The maximum Gasteiger partial charge on any atom is 0.129 e. The van der Waals surface area contributed by atoms with Crippen LogP contribution < -0.4 is 14.8 Å². The number of aromatic nitrogens is 2. The fraction of sp³-hybridized carbons (Fsp3) is 0.333. The van der Waals surface area contributed by atoms with Crippen LogP contribution in [0.1, 0.15) is 17.4 Å². The molecule has 112 valence electrons. The van der Waals surface area contributed by atoms with Crippen LogP contribution in [0.25, 0.3) is 0 Å². The summed E-state index contributed by atoms with van der Waals surface area (Å²) in [6, 6.07) is 7.14. The van der Waals surface area contributed by atoms with Crippen LogP contribution in [-0.2, 0) is 0 Å². The second-order valence-electron chi connectivity index (χ2n) is 4.59. The molecule has 2 rings (SSSR count). The summed E-state index contributed by atoms with van der Waals surface area (Å²) in [5.41, 5.74) is 1.58. The summed E-state index contributed by atoms with van der Waals surface area (Å²) in [5.74, 6) is 1.96. The van der Waals surface area contributed by atoms with E-state index in [-0.39, 0.29) is 0 Å². The zero-order valence-electron chi connectivity index (χ0n) is 12.3. The number of benzene rings is 1. The second-order valence-corrected chi connectivity index (χ2v) is 4.59. The van der Waals surface area contributed by atoms with Crippen molar-refractivity contribution in [3.8, 4) is 11.5 Å². The molecule has 21 heavy (non-hydrogen) atoms. The smallest absolute Gasteiger partial charge is 0.129 e. The van der Waals surface area contributed by atoms with Gasteiger partial charge in [-0.2, -0.15) is 0 Å². The summed E-state index contributed by atoms with van der Waals surface area (Å²) in [6.45, 7) is 2.21. The molecule has 0 saturated heterocycles. The molecule has 0 fully saturated rings. The zero-order valence-corrected chi connectivity index (χ0v) is 12.3. The van der Waals surface area contributed by atoms with E-state index in [0.717, 1.165) is 5.69 Å². The Hall–Kier alpha value is -2.34. The van der Waals surface area contributed by atoms with Gasteiger partial charge in [-0.1, -0.05) is 0 Å². The minimum atomic E-state index is -0.704. The van der Waals surface area contributed by atoms with Crippen molar-refractivity contribution in [2.24, 2.45) is 0 Å². The Labute approximate surface area is 123 Å². The molecule has 1 aromatic carbocycles. The van der Waals surface area contributed by atoms with E-state index < -0.39 is 6.10 Å². The fourth-order valence-electron chi connectivity index (χ4n) is 1.89. The van der Waals surface area contributed by atoms with Crippen LogP contribution in [0.15, 0.2) is 30.6 Å². The van der Waals surface area contributed by atoms with Gasteiger partial charge in [0.25, 0.3) is 0 Å². The van der Waals surface area contributed by atoms with Crippen LogP contribution in [0.2, 0.25) is 0 Å². The number of rotatable bonds is 6. The van der Waals surface area contributed by atoms with Gasteiger partial charge >= 0.3 is 0 Å². The van der Waals surface area contributed by atoms with Crippen molar-refractivity contribution in [2.45, 2.75) is 13.0 Å². The SMILES string of the molecule is COc1cc(OC)cc(C(O)CNc2cc(C)ncn2)c1. The summed E-state index contributed by atoms with van der Waals surface area (Å²) in [5, 5.41) is 13.3. The van der Waals surface area contributed by atoms with E-state index in [1.807, 2.05) is 13.0 Å². The minimum absolute atomic E-state index is 0.326. The molecule has 0 radical (unpaired) electrons. The molecule has 1 aromatic heterocycles. The van der Waals surface area contributed by atoms with E-state index in [9.17, 15) is 5.11 Å². The second kappa shape index (κ2) is 6.90. The first-order valence-corrected chi connectivity index (χ1v) is 6.56. The van der Waals surface area contributed by atoms with Gasteiger partial charge < -0.3 is 19.9 Å². The first-order chi connectivity index (χ1) is 10.1. The highest BCUT2D eigenvalue weighted by atomic mass is 16.5. The van der Waals surface area contributed by atoms with Crippen molar-refractivity contribution >= 4 is 5.82 Å². The molecule has 0 aliphatic heterocycles. The molecule has 1 heterocycles. The summed E-state index contributed by atoms with van der Waals surface area (Å²) in [7, 11) is 3.15. The van der Waals surface area contributed by atoms with Gasteiger partial charge in [0.2, 0.25) is 0 Å². The third kappa shape index (κ3) is 4.06. The van der Waals surface area contributed by atoms with Gasteiger partial charge in [-0.25, -0.2) is 9.97 Å². The number of aliphatic hydroxyl groups excluding tert-OH is 1. The van der Waals surface area contributed by atoms with Crippen LogP contribution >= 0.6 is 0 Å². The Kier molecular flexibility index (Phi) is 4.94. The number of methoxy groups -OCH3 is 2. The lowest BCUT2D eigenvalue weighted by molar-refractivity contribution is 0.190.